The van der Waals surface area contributed by atoms with E-state index in [9.17, 15) is 4.79 Å². The minimum absolute atomic E-state index is 0. The summed E-state index contributed by atoms with van der Waals surface area (Å²) < 4.78 is 4.98. The molecular formula is C9H16O2Zr. The predicted molar refractivity (Wildman–Crippen MR) is 45.3 cm³/mol. The summed E-state index contributed by atoms with van der Waals surface area (Å²) in [5.74, 6) is -0.208. The van der Waals surface area contributed by atoms with Gasteiger partial charge in [-0.3, -0.25) is 0 Å². The van der Waals surface area contributed by atoms with E-state index in [-0.39, 0.29) is 38.3 Å². The van der Waals surface area contributed by atoms with Gasteiger partial charge < -0.3 is 4.74 Å². The third-order valence-electron chi connectivity index (χ3n) is 1.40. The normalized spacial score (nSPS) is 8.83. The van der Waals surface area contributed by atoms with Crippen molar-refractivity contribution in [3.8, 4) is 0 Å². The molecule has 0 aromatic rings. The maximum absolute atomic E-state index is 11.1. The molecule has 0 radical (unpaired) electrons. The minimum Gasteiger partial charge on any atom is -0.460 e. The first-order chi connectivity index (χ1) is 4.95. The SMILES string of the molecule is CC(C)=C(C)C(=O)OC(C)C.[Zr]. The molecule has 0 N–H and O–H groups in total. The molecule has 2 nitrogen and oxygen atoms in total. The average molecular weight is 247 g/mol. The Morgan fingerprint density at radius 3 is 1.83 bits per heavy atom. The molecule has 0 aliphatic rings. The third-order valence-corrected chi connectivity index (χ3v) is 1.40. The molecule has 0 aliphatic heterocycles. The molecule has 0 bridgehead atoms. The fourth-order valence-electron chi connectivity index (χ4n) is 0.507. The Balaban J connectivity index is 0. The number of allylic oxidation sites excluding steroid dienone is 1. The molecular weight excluding hydrogens is 231 g/mol. The van der Waals surface area contributed by atoms with E-state index in [1.165, 1.54) is 0 Å². The zero-order chi connectivity index (χ0) is 9.02. The fourth-order valence-corrected chi connectivity index (χ4v) is 0.507. The Morgan fingerprint density at radius 2 is 1.58 bits per heavy atom. The van der Waals surface area contributed by atoms with Crippen LogP contribution in [0.15, 0.2) is 11.1 Å². The number of esters is 1. The summed E-state index contributed by atoms with van der Waals surface area (Å²) in [6.07, 6.45) is -0.0307. The molecule has 0 atom stereocenters. The van der Waals surface area contributed by atoms with Crippen molar-refractivity contribution in [2.24, 2.45) is 0 Å². The molecule has 0 aromatic heterocycles. The van der Waals surface area contributed by atoms with Crippen LogP contribution in [-0.2, 0) is 35.7 Å². The van der Waals surface area contributed by atoms with Crippen molar-refractivity contribution < 1.29 is 35.7 Å². The number of hydrogen-bond donors (Lipinski definition) is 0. The van der Waals surface area contributed by atoms with Gasteiger partial charge in [0.15, 0.2) is 0 Å². The van der Waals surface area contributed by atoms with Gasteiger partial charge in [-0.05, 0) is 34.6 Å². The standard InChI is InChI=1S/C9H16O2.Zr/c1-6(2)8(5)9(10)11-7(3)4;/h7H,1-5H3;. The van der Waals surface area contributed by atoms with Gasteiger partial charge >= 0.3 is 5.97 Å². The van der Waals surface area contributed by atoms with Gasteiger partial charge in [0.1, 0.15) is 0 Å². The molecule has 12 heavy (non-hydrogen) atoms. The molecule has 0 aromatic carbocycles. The van der Waals surface area contributed by atoms with Gasteiger partial charge in [0, 0.05) is 31.8 Å². The van der Waals surface area contributed by atoms with Gasteiger partial charge in [-0.25, -0.2) is 4.79 Å². The zero-order valence-electron chi connectivity index (χ0n) is 8.39. The van der Waals surface area contributed by atoms with Crippen molar-refractivity contribution >= 4 is 5.97 Å². The Bertz CT molecular complexity index is 179. The number of hydrogen-bond acceptors (Lipinski definition) is 2. The van der Waals surface area contributed by atoms with Crippen molar-refractivity contribution in [1.82, 2.24) is 0 Å². The third kappa shape index (κ3) is 5.71. The monoisotopic (exact) mass is 246 g/mol. The van der Waals surface area contributed by atoms with E-state index >= 15 is 0 Å². The Hall–Kier alpha value is 0.0931. The molecule has 0 saturated carbocycles. The molecule has 0 unspecified atom stereocenters. The molecule has 0 fully saturated rings. The van der Waals surface area contributed by atoms with Crippen LogP contribution in [0, 0.1) is 0 Å². The van der Waals surface area contributed by atoms with Crippen LogP contribution in [0.3, 0.4) is 0 Å². The van der Waals surface area contributed by atoms with Crippen LogP contribution in [0.25, 0.3) is 0 Å². The van der Waals surface area contributed by atoms with Crippen LogP contribution in [0.5, 0.6) is 0 Å². The first-order valence-corrected chi connectivity index (χ1v) is 3.80. The Morgan fingerprint density at radius 1 is 1.17 bits per heavy atom. The van der Waals surface area contributed by atoms with Gasteiger partial charge in [0.25, 0.3) is 0 Å². The molecule has 3 heteroatoms. The van der Waals surface area contributed by atoms with Crippen molar-refractivity contribution in [2.45, 2.75) is 40.7 Å². The smallest absolute Gasteiger partial charge is 0.333 e. The second kappa shape index (κ2) is 6.59. The molecule has 0 rings (SSSR count). The molecule has 0 heterocycles. The van der Waals surface area contributed by atoms with Crippen LogP contribution in [0.2, 0.25) is 0 Å². The van der Waals surface area contributed by atoms with Crippen molar-refractivity contribution in [3.05, 3.63) is 11.1 Å². The van der Waals surface area contributed by atoms with E-state index < -0.39 is 0 Å². The van der Waals surface area contributed by atoms with Crippen LogP contribution in [-0.4, -0.2) is 12.1 Å². The van der Waals surface area contributed by atoms with Gasteiger partial charge in [0.2, 0.25) is 0 Å². The second-order valence-electron chi connectivity index (χ2n) is 3.08. The number of carbonyl (C=O) groups excluding carboxylic acids is 1. The second-order valence-corrected chi connectivity index (χ2v) is 3.08. The van der Waals surface area contributed by atoms with Gasteiger partial charge in [-0.2, -0.15) is 0 Å². The van der Waals surface area contributed by atoms with Gasteiger partial charge in [-0.15, -0.1) is 0 Å². The summed E-state index contributed by atoms with van der Waals surface area (Å²) >= 11 is 0. The van der Waals surface area contributed by atoms with Crippen LogP contribution in [0.4, 0.5) is 0 Å². The van der Waals surface area contributed by atoms with Crippen LogP contribution in [0.1, 0.15) is 34.6 Å². The maximum Gasteiger partial charge on any atom is 0.333 e. The van der Waals surface area contributed by atoms with Gasteiger partial charge in [0.05, 0.1) is 6.10 Å². The maximum atomic E-state index is 11.1. The molecule has 0 spiro atoms. The van der Waals surface area contributed by atoms with Crippen LogP contribution >= 0.6 is 0 Å². The Labute approximate surface area is 93.5 Å². The van der Waals surface area contributed by atoms with E-state index in [2.05, 4.69) is 0 Å². The van der Waals surface area contributed by atoms with Gasteiger partial charge in [-0.1, -0.05) is 5.57 Å². The predicted octanol–water partition coefficient (Wildman–Crippen LogP) is 2.29. The van der Waals surface area contributed by atoms with Crippen LogP contribution < -0.4 is 0 Å². The minimum atomic E-state index is -0.208. The summed E-state index contributed by atoms with van der Waals surface area (Å²) in [7, 11) is 0. The fraction of sp³-hybridized carbons (Fsp3) is 0.667. The summed E-state index contributed by atoms with van der Waals surface area (Å²) in [6, 6.07) is 0. The molecule has 0 aliphatic carbocycles. The topological polar surface area (TPSA) is 26.3 Å². The van der Waals surface area contributed by atoms with Crippen molar-refractivity contribution in [3.63, 3.8) is 0 Å². The first kappa shape index (κ1) is 14.6. The quantitative estimate of drug-likeness (QED) is 0.553. The summed E-state index contributed by atoms with van der Waals surface area (Å²) in [5.41, 5.74) is 1.72. The number of ether oxygens (including phenoxy) is 1. The van der Waals surface area contributed by atoms with E-state index in [0.29, 0.717) is 5.57 Å². The molecule has 0 amide bonds. The first-order valence-electron chi connectivity index (χ1n) is 3.80. The van der Waals surface area contributed by atoms with E-state index in [4.69, 9.17) is 4.74 Å². The van der Waals surface area contributed by atoms with Crippen molar-refractivity contribution in [1.29, 1.82) is 0 Å². The van der Waals surface area contributed by atoms with E-state index in [1.54, 1.807) is 6.92 Å². The Kier molecular flexibility index (Phi) is 8.02. The van der Waals surface area contributed by atoms with E-state index in [0.717, 1.165) is 5.57 Å². The zero-order valence-corrected chi connectivity index (χ0v) is 10.9. The van der Waals surface area contributed by atoms with Crippen molar-refractivity contribution in [2.75, 3.05) is 0 Å². The molecule has 68 valence electrons. The average Bonchev–Trinajstić information content (AvgIpc) is 1.84. The van der Waals surface area contributed by atoms with E-state index in [1.807, 2.05) is 27.7 Å². The number of carbonyl (C=O) groups is 1. The molecule has 0 saturated heterocycles. The largest absolute Gasteiger partial charge is 0.460 e. The number of rotatable bonds is 2. The summed E-state index contributed by atoms with van der Waals surface area (Å²) in [6.45, 7) is 9.26. The summed E-state index contributed by atoms with van der Waals surface area (Å²) in [4.78, 5) is 11.1. The summed E-state index contributed by atoms with van der Waals surface area (Å²) in [5, 5.41) is 0.